The Hall–Kier alpha value is -1.52. The van der Waals surface area contributed by atoms with E-state index in [4.69, 9.17) is 23.2 Å². The van der Waals surface area contributed by atoms with Crippen molar-refractivity contribution >= 4 is 40.2 Å². The van der Waals surface area contributed by atoms with Crippen LogP contribution in [0.2, 0.25) is 10.0 Å². The largest absolute Gasteiger partial charge is 0.369 e. The van der Waals surface area contributed by atoms with Crippen molar-refractivity contribution in [1.82, 2.24) is 4.90 Å². The third-order valence-corrected chi connectivity index (χ3v) is 6.60. The summed E-state index contributed by atoms with van der Waals surface area (Å²) >= 11 is 14.1. The topological polar surface area (TPSA) is 6.48 Å². The maximum Gasteiger partial charge on any atom is 0.0612 e. The second-order valence-corrected chi connectivity index (χ2v) is 8.48. The highest BCUT2D eigenvalue weighted by molar-refractivity contribution is 7.15. The zero-order valence-electron chi connectivity index (χ0n) is 14.4. The van der Waals surface area contributed by atoms with Crippen molar-refractivity contribution in [3.8, 4) is 10.4 Å². The first kappa shape index (κ1) is 17.9. The van der Waals surface area contributed by atoms with E-state index in [1.165, 1.54) is 15.3 Å². The van der Waals surface area contributed by atoms with Crippen LogP contribution in [0.25, 0.3) is 10.4 Å². The van der Waals surface area contributed by atoms with Crippen molar-refractivity contribution in [2.24, 2.45) is 0 Å². The maximum absolute atomic E-state index is 6.15. The molecule has 1 saturated heterocycles. The van der Waals surface area contributed by atoms with E-state index < -0.39 is 0 Å². The van der Waals surface area contributed by atoms with Gasteiger partial charge in [-0.05, 0) is 35.9 Å². The zero-order valence-corrected chi connectivity index (χ0v) is 16.7. The molecule has 134 valence electrons. The standard InChI is InChI=1S/C21H20Cl2N2S/c22-19-8-6-17(14-20(19)23)25-12-10-24(11-13-25)15-18-7-9-21(26-18)16-4-2-1-3-5-16/h1-9,14H,10-13,15H2. The summed E-state index contributed by atoms with van der Waals surface area (Å²) in [5.41, 5.74) is 2.45. The monoisotopic (exact) mass is 402 g/mol. The number of hydrogen-bond acceptors (Lipinski definition) is 3. The Morgan fingerprint density at radius 3 is 2.31 bits per heavy atom. The number of nitrogens with zero attached hydrogens (tertiary/aromatic N) is 2. The molecule has 0 N–H and O–H groups in total. The third-order valence-electron chi connectivity index (χ3n) is 4.74. The molecule has 0 spiro atoms. The lowest BCUT2D eigenvalue weighted by molar-refractivity contribution is 0.252. The van der Waals surface area contributed by atoms with Gasteiger partial charge in [-0.15, -0.1) is 11.3 Å². The first-order chi connectivity index (χ1) is 12.7. The maximum atomic E-state index is 6.15. The fourth-order valence-electron chi connectivity index (χ4n) is 3.29. The summed E-state index contributed by atoms with van der Waals surface area (Å²) < 4.78 is 0. The molecule has 1 fully saturated rings. The van der Waals surface area contributed by atoms with Gasteiger partial charge in [0.15, 0.2) is 0 Å². The van der Waals surface area contributed by atoms with Crippen LogP contribution in [-0.4, -0.2) is 31.1 Å². The Kier molecular flexibility index (Phi) is 5.51. The van der Waals surface area contributed by atoms with Crippen LogP contribution in [0.15, 0.2) is 60.7 Å². The summed E-state index contributed by atoms with van der Waals surface area (Å²) in [6.45, 7) is 5.15. The fourth-order valence-corrected chi connectivity index (χ4v) is 4.63. The van der Waals surface area contributed by atoms with Crippen LogP contribution >= 0.6 is 34.5 Å². The summed E-state index contributed by atoms with van der Waals surface area (Å²) in [6.07, 6.45) is 0. The van der Waals surface area contributed by atoms with Gasteiger partial charge in [0.1, 0.15) is 0 Å². The van der Waals surface area contributed by atoms with Crippen LogP contribution < -0.4 is 4.90 Å². The van der Waals surface area contributed by atoms with E-state index in [9.17, 15) is 0 Å². The Balaban J connectivity index is 1.35. The quantitative estimate of drug-likeness (QED) is 0.524. The van der Waals surface area contributed by atoms with Gasteiger partial charge in [0.25, 0.3) is 0 Å². The number of piperazine rings is 1. The van der Waals surface area contributed by atoms with E-state index in [-0.39, 0.29) is 0 Å². The van der Waals surface area contributed by atoms with E-state index in [2.05, 4.69) is 58.3 Å². The molecule has 0 radical (unpaired) electrons. The second-order valence-electron chi connectivity index (χ2n) is 6.49. The average Bonchev–Trinajstić information content (AvgIpc) is 3.14. The highest BCUT2D eigenvalue weighted by Crippen LogP contribution is 2.30. The van der Waals surface area contributed by atoms with Crippen LogP contribution in [0.1, 0.15) is 4.88 Å². The smallest absolute Gasteiger partial charge is 0.0612 e. The molecule has 1 aliphatic rings. The highest BCUT2D eigenvalue weighted by Gasteiger charge is 2.18. The molecular weight excluding hydrogens is 383 g/mol. The predicted octanol–water partition coefficient (Wildman–Crippen LogP) is 6.04. The number of anilines is 1. The Labute approximate surface area is 168 Å². The summed E-state index contributed by atoms with van der Waals surface area (Å²) in [6, 6.07) is 21.0. The van der Waals surface area contributed by atoms with Crippen LogP contribution in [0.4, 0.5) is 5.69 Å². The molecule has 2 nitrogen and oxygen atoms in total. The van der Waals surface area contributed by atoms with E-state index in [0.29, 0.717) is 10.0 Å². The van der Waals surface area contributed by atoms with Crippen molar-refractivity contribution in [2.45, 2.75) is 6.54 Å². The molecule has 2 heterocycles. The van der Waals surface area contributed by atoms with Gasteiger partial charge >= 0.3 is 0 Å². The van der Waals surface area contributed by atoms with Crippen molar-refractivity contribution in [2.75, 3.05) is 31.1 Å². The minimum atomic E-state index is 0.612. The first-order valence-electron chi connectivity index (χ1n) is 8.75. The first-order valence-corrected chi connectivity index (χ1v) is 10.3. The zero-order chi connectivity index (χ0) is 17.9. The normalized spacial score (nSPS) is 15.4. The van der Waals surface area contributed by atoms with Gasteiger partial charge in [0.2, 0.25) is 0 Å². The van der Waals surface area contributed by atoms with Gasteiger partial charge in [-0.1, -0.05) is 53.5 Å². The van der Waals surface area contributed by atoms with Crippen LogP contribution in [0, 0.1) is 0 Å². The summed E-state index contributed by atoms with van der Waals surface area (Å²) in [5, 5.41) is 1.24. The number of benzene rings is 2. The molecular formula is C21H20Cl2N2S. The molecule has 0 atom stereocenters. The summed E-state index contributed by atoms with van der Waals surface area (Å²) in [5.74, 6) is 0. The minimum Gasteiger partial charge on any atom is -0.369 e. The Morgan fingerprint density at radius 1 is 0.808 bits per heavy atom. The van der Waals surface area contributed by atoms with Gasteiger partial charge in [-0.2, -0.15) is 0 Å². The van der Waals surface area contributed by atoms with E-state index >= 15 is 0 Å². The SMILES string of the molecule is Clc1ccc(N2CCN(Cc3ccc(-c4ccccc4)s3)CC2)cc1Cl. The van der Waals surface area contributed by atoms with Gasteiger partial charge in [0.05, 0.1) is 10.0 Å². The predicted molar refractivity (Wildman–Crippen MR) is 114 cm³/mol. The van der Waals surface area contributed by atoms with Gasteiger partial charge in [-0.25, -0.2) is 0 Å². The van der Waals surface area contributed by atoms with Gasteiger partial charge < -0.3 is 4.90 Å². The Bertz CT molecular complexity index is 871. The molecule has 1 aliphatic heterocycles. The fraction of sp³-hybridized carbons (Fsp3) is 0.238. The van der Waals surface area contributed by atoms with Crippen molar-refractivity contribution < 1.29 is 0 Å². The highest BCUT2D eigenvalue weighted by atomic mass is 35.5. The van der Waals surface area contributed by atoms with E-state index in [1.807, 2.05) is 23.5 Å². The molecule has 26 heavy (non-hydrogen) atoms. The van der Waals surface area contributed by atoms with Crippen molar-refractivity contribution in [3.05, 3.63) is 75.6 Å². The number of rotatable bonds is 4. The number of hydrogen-bond donors (Lipinski definition) is 0. The molecule has 2 aromatic carbocycles. The molecule has 0 bridgehead atoms. The van der Waals surface area contributed by atoms with E-state index in [1.54, 1.807) is 0 Å². The summed E-state index contributed by atoms with van der Waals surface area (Å²) in [7, 11) is 0. The van der Waals surface area contributed by atoms with Crippen LogP contribution in [0.5, 0.6) is 0 Å². The molecule has 3 aromatic rings. The molecule has 0 saturated carbocycles. The molecule has 1 aromatic heterocycles. The lowest BCUT2D eigenvalue weighted by Crippen LogP contribution is -2.45. The molecule has 5 heteroatoms. The van der Waals surface area contributed by atoms with E-state index in [0.717, 1.165) is 38.4 Å². The van der Waals surface area contributed by atoms with Gasteiger partial charge in [-0.3, -0.25) is 4.90 Å². The Morgan fingerprint density at radius 2 is 1.58 bits per heavy atom. The second kappa shape index (κ2) is 8.01. The van der Waals surface area contributed by atoms with Crippen LogP contribution in [0.3, 0.4) is 0 Å². The van der Waals surface area contributed by atoms with Crippen LogP contribution in [-0.2, 0) is 6.54 Å². The number of halogens is 2. The van der Waals surface area contributed by atoms with Gasteiger partial charge in [0, 0.05) is 48.2 Å². The minimum absolute atomic E-state index is 0.612. The molecule has 4 rings (SSSR count). The van der Waals surface area contributed by atoms with Crippen molar-refractivity contribution in [1.29, 1.82) is 0 Å². The summed E-state index contributed by atoms with van der Waals surface area (Å²) in [4.78, 5) is 7.67. The third kappa shape index (κ3) is 4.07. The average molecular weight is 403 g/mol. The molecule has 0 aliphatic carbocycles. The number of thiophene rings is 1. The van der Waals surface area contributed by atoms with Crippen molar-refractivity contribution in [3.63, 3.8) is 0 Å². The lowest BCUT2D eigenvalue weighted by atomic mass is 10.2. The lowest BCUT2D eigenvalue weighted by Gasteiger charge is -2.36. The molecule has 0 amide bonds. The molecule has 0 unspecified atom stereocenters.